The van der Waals surface area contributed by atoms with Crippen LogP contribution < -0.4 is 9.80 Å². The van der Waals surface area contributed by atoms with Gasteiger partial charge in [0.1, 0.15) is 5.58 Å². The number of fused-ring (bicyclic) bond motifs is 9. The molecule has 0 bridgehead atoms. The van der Waals surface area contributed by atoms with E-state index in [4.69, 9.17) is 4.42 Å². The Morgan fingerprint density at radius 3 is 1.43 bits per heavy atom. The fourth-order valence-corrected chi connectivity index (χ4v) is 9.07. The molecule has 10 aromatic rings. The van der Waals surface area contributed by atoms with Crippen LogP contribution in [0.2, 0.25) is 0 Å². The van der Waals surface area contributed by atoms with Crippen LogP contribution in [0.5, 0.6) is 0 Å². The van der Waals surface area contributed by atoms with Gasteiger partial charge < -0.3 is 14.2 Å². The summed E-state index contributed by atoms with van der Waals surface area (Å²) in [5.41, 5.74) is 16.1. The summed E-state index contributed by atoms with van der Waals surface area (Å²) in [4.78, 5) is 4.71. The third kappa shape index (κ3) is 5.42. The molecule has 1 aliphatic rings. The fraction of sp³-hybridized carbons (Fsp3) is 0.0909. The molecule has 3 nitrogen and oxygen atoms in total. The SMILES string of the molecule is Cc1ccccc1N(c1ccc2cc3c(cc2c1)-c1cc2ccc(N(c4ccccc4)c4ccccc4)cc2cc1-3)c1cccc2c1oc1c(C(C)(C)C)cccc12. The van der Waals surface area contributed by atoms with Crippen LogP contribution in [0.3, 0.4) is 0 Å². The first-order valence-corrected chi connectivity index (χ1v) is 20.2. The summed E-state index contributed by atoms with van der Waals surface area (Å²) < 4.78 is 6.93. The van der Waals surface area contributed by atoms with Gasteiger partial charge in [0, 0.05) is 44.8 Å². The van der Waals surface area contributed by atoms with Crippen molar-refractivity contribution in [1.29, 1.82) is 0 Å². The number of anilines is 6. The van der Waals surface area contributed by atoms with E-state index in [1.807, 2.05) is 0 Å². The van der Waals surface area contributed by atoms with Crippen molar-refractivity contribution in [1.82, 2.24) is 0 Å². The summed E-state index contributed by atoms with van der Waals surface area (Å²) in [7, 11) is 0. The topological polar surface area (TPSA) is 19.6 Å². The van der Waals surface area contributed by atoms with Gasteiger partial charge in [0.2, 0.25) is 0 Å². The molecule has 0 N–H and O–H groups in total. The lowest BCUT2D eigenvalue weighted by Crippen LogP contribution is -2.11. The van der Waals surface area contributed by atoms with Crippen LogP contribution in [-0.2, 0) is 5.41 Å². The van der Waals surface area contributed by atoms with Gasteiger partial charge in [0.05, 0.1) is 5.69 Å². The van der Waals surface area contributed by atoms with Gasteiger partial charge in [-0.2, -0.15) is 0 Å². The summed E-state index contributed by atoms with van der Waals surface area (Å²) >= 11 is 0. The highest BCUT2D eigenvalue weighted by atomic mass is 16.3. The molecule has 58 heavy (non-hydrogen) atoms. The zero-order valence-corrected chi connectivity index (χ0v) is 33.1. The molecule has 1 heterocycles. The van der Waals surface area contributed by atoms with Gasteiger partial charge in [0.15, 0.2) is 5.58 Å². The first-order chi connectivity index (χ1) is 28.3. The number of rotatable bonds is 6. The van der Waals surface area contributed by atoms with E-state index < -0.39 is 0 Å². The number of para-hydroxylation sites is 5. The molecule has 0 unspecified atom stereocenters. The average Bonchev–Trinajstić information content (AvgIpc) is 3.63. The largest absolute Gasteiger partial charge is 0.454 e. The number of nitrogens with zero attached hydrogens (tertiary/aromatic N) is 2. The van der Waals surface area contributed by atoms with Crippen LogP contribution in [0.4, 0.5) is 34.1 Å². The number of hydrogen-bond donors (Lipinski definition) is 0. The van der Waals surface area contributed by atoms with Crippen molar-refractivity contribution in [2.45, 2.75) is 33.1 Å². The molecule has 0 amide bonds. The lowest BCUT2D eigenvalue weighted by molar-refractivity contribution is 0.573. The van der Waals surface area contributed by atoms with Crippen LogP contribution in [0.1, 0.15) is 31.9 Å². The van der Waals surface area contributed by atoms with E-state index in [0.29, 0.717) is 0 Å². The molecule has 11 rings (SSSR count). The van der Waals surface area contributed by atoms with E-state index in [2.05, 4.69) is 219 Å². The summed E-state index contributed by atoms with van der Waals surface area (Å²) in [6.45, 7) is 8.95. The first kappa shape index (κ1) is 34.2. The molecule has 3 heteroatoms. The van der Waals surface area contributed by atoms with Crippen LogP contribution in [-0.4, -0.2) is 0 Å². The van der Waals surface area contributed by atoms with Gasteiger partial charge in [0.25, 0.3) is 0 Å². The normalized spacial score (nSPS) is 12.1. The van der Waals surface area contributed by atoms with E-state index in [0.717, 1.165) is 56.1 Å². The lowest BCUT2D eigenvalue weighted by atomic mass is 9.78. The molecule has 0 atom stereocenters. The Morgan fingerprint density at radius 2 is 0.862 bits per heavy atom. The molecule has 0 saturated heterocycles. The summed E-state index contributed by atoms with van der Waals surface area (Å²) in [6.07, 6.45) is 0. The lowest BCUT2D eigenvalue weighted by Gasteiger charge is -2.29. The number of hydrogen-bond acceptors (Lipinski definition) is 3. The first-order valence-electron chi connectivity index (χ1n) is 20.2. The quantitative estimate of drug-likeness (QED) is 0.169. The maximum atomic E-state index is 6.93. The third-order valence-electron chi connectivity index (χ3n) is 12.0. The highest BCUT2D eigenvalue weighted by Gasteiger charge is 2.27. The Balaban J connectivity index is 1.02. The van der Waals surface area contributed by atoms with Crippen molar-refractivity contribution in [3.63, 3.8) is 0 Å². The highest BCUT2D eigenvalue weighted by Crippen LogP contribution is 2.52. The molecular weight excluding hydrogens is 705 g/mol. The number of aryl methyl sites for hydroxylation is 1. The van der Waals surface area contributed by atoms with E-state index in [9.17, 15) is 0 Å². The maximum absolute atomic E-state index is 6.93. The minimum Gasteiger partial charge on any atom is -0.454 e. The summed E-state index contributed by atoms with van der Waals surface area (Å²) in [5.74, 6) is 0. The van der Waals surface area contributed by atoms with Gasteiger partial charge in [-0.25, -0.2) is 0 Å². The Kier molecular flexibility index (Phi) is 7.64. The molecule has 0 radical (unpaired) electrons. The van der Waals surface area contributed by atoms with Crippen molar-refractivity contribution in [2.24, 2.45) is 0 Å². The zero-order chi connectivity index (χ0) is 39.1. The van der Waals surface area contributed by atoms with E-state index in [1.165, 1.54) is 54.9 Å². The molecule has 0 aliphatic heterocycles. The third-order valence-corrected chi connectivity index (χ3v) is 12.0. The van der Waals surface area contributed by atoms with Crippen molar-refractivity contribution < 1.29 is 4.42 Å². The Labute approximate surface area is 339 Å². The monoisotopic (exact) mass is 746 g/mol. The number of benzene rings is 9. The molecule has 9 aromatic carbocycles. The van der Waals surface area contributed by atoms with Crippen LogP contribution in [0.15, 0.2) is 186 Å². The Bertz CT molecular complexity index is 3190. The minimum absolute atomic E-state index is 0.0526. The van der Waals surface area contributed by atoms with E-state index in [1.54, 1.807) is 0 Å². The molecule has 1 aliphatic carbocycles. The smallest absolute Gasteiger partial charge is 0.159 e. The zero-order valence-electron chi connectivity index (χ0n) is 33.1. The van der Waals surface area contributed by atoms with Gasteiger partial charge in [-0.15, -0.1) is 0 Å². The summed E-state index contributed by atoms with van der Waals surface area (Å²) in [5, 5.41) is 7.19. The van der Waals surface area contributed by atoms with Gasteiger partial charge in [-0.05, 0) is 147 Å². The second-order valence-electron chi connectivity index (χ2n) is 16.7. The average molecular weight is 747 g/mol. The second kappa shape index (κ2) is 13.0. The van der Waals surface area contributed by atoms with Crippen molar-refractivity contribution >= 4 is 77.6 Å². The predicted octanol–water partition coefficient (Wildman–Crippen LogP) is 16.1. The van der Waals surface area contributed by atoms with Crippen molar-refractivity contribution in [3.05, 3.63) is 193 Å². The van der Waals surface area contributed by atoms with E-state index in [-0.39, 0.29) is 5.41 Å². The van der Waals surface area contributed by atoms with Gasteiger partial charge in [-0.3, -0.25) is 0 Å². The van der Waals surface area contributed by atoms with Gasteiger partial charge in [-0.1, -0.05) is 118 Å². The van der Waals surface area contributed by atoms with Crippen LogP contribution in [0.25, 0.3) is 65.7 Å². The van der Waals surface area contributed by atoms with Crippen LogP contribution in [0, 0.1) is 6.92 Å². The molecule has 0 fully saturated rings. The molecule has 0 spiro atoms. The Hall–Kier alpha value is -7.10. The Morgan fingerprint density at radius 1 is 0.379 bits per heavy atom. The maximum Gasteiger partial charge on any atom is 0.159 e. The fourth-order valence-electron chi connectivity index (χ4n) is 9.07. The molecular formula is C55H42N2O. The summed E-state index contributed by atoms with van der Waals surface area (Å²) in [6, 6.07) is 66.2. The number of furan rings is 1. The minimum atomic E-state index is -0.0526. The highest BCUT2D eigenvalue weighted by molar-refractivity contribution is 6.14. The standard InChI is InChI=1S/C55H42N2O/c1-35-15-11-12-23-51(35)57(52-24-14-21-45-44-20-13-22-50(55(2,3)4)53(44)58-54(45)52)43-28-26-37-32-47-48-33-38-29-42(27-25-36(38)31-46(48)49(47)34-39(37)30-43)56(40-16-7-5-8-17-40)41-18-9-6-10-19-41/h5-34H,1-4H3. The second-order valence-corrected chi connectivity index (χ2v) is 16.7. The van der Waals surface area contributed by atoms with Crippen molar-refractivity contribution in [2.75, 3.05) is 9.80 Å². The molecule has 0 saturated carbocycles. The van der Waals surface area contributed by atoms with Crippen molar-refractivity contribution in [3.8, 4) is 22.3 Å². The van der Waals surface area contributed by atoms with E-state index >= 15 is 0 Å². The molecule has 278 valence electrons. The van der Waals surface area contributed by atoms with Gasteiger partial charge >= 0.3 is 0 Å². The predicted molar refractivity (Wildman–Crippen MR) is 246 cm³/mol. The molecule has 1 aromatic heterocycles. The van der Waals surface area contributed by atoms with Crippen LogP contribution >= 0.6 is 0 Å².